The molecule has 2 saturated heterocycles. The van der Waals surface area contributed by atoms with E-state index in [0.29, 0.717) is 0 Å². The molecule has 0 aliphatic carbocycles. The number of amides is 1. The average molecular weight is 412 g/mol. The molecule has 0 bridgehead atoms. The van der Waals surface area contributed by atoms with E-state index in [4.69, 9.17) is 4.74 Å². The number of hydrogen-bond donors (Lipinski definition) is 0. The van der Waals surface area contributed by atoms with E-state index in [9.17, 15) is 9.18 Å². The number of ether oxygens (including phenoxy) is 1. The summed E-state index contributed by atoms with van der Waals surface area (Å²) in [4.78, 5) is 19.1. The van der Waals surface area contributed by atoms with Gasteiger partial charge in [-0.25, -0.2) is 4.39 Å². The van der Waals surface area contributed by atoms with Crippen molar-refractivity contribution in [2.75, 3.05) is 52.9 Å². The average Bonchev–Trinajstić information content (AvgIpc) is 3.30. The van der Waals surface area contributed by atoms with Crippen LogP contribution in [0.3, 0.4) is 0 Å². The molecule has 5 nitrogen and oxygen atoms in total. The number of piperazine rings is 1. The summed E-state index contributed by atoms with van der Waals surface area (Å²) in [5.74, 6) is 0.574. The van der Waals surface area contributed by atoms with E-state index in [-0.39, 0.29) is 18.3 Å². The van der Waals surface area contributed by atoms with Gasteiger partial charge in [0.2, 0.25) is 0 Å². The van der Waals surface area contributed by atoms with Gasteiger partial charge in [0.05, 0.1) is 0 Å². The lowest BCUT2D eigenvalue weighted by Crippen LogP contribution is -2.43. The maximum Gasteiger partial charge on any atom is 0.260 e. The second-order valence-electron chi connectivity index (χ2n) is 8.29. The Hall–Kier alpha value is -2.44. The Kier molecular flexibility index (Phi) is 6.65. The zero-order valence-corrected chi connectivity index (χ0v) is 17.6. The number of nitrogens with zero attached hydrogens (tertiary/aromatic N) is 3. The van der Waals surface area contributed by atoms with Gasteiger partial charge in [0.25, 0.3) is 5.91 Å². The first-order valence-corrected chi connectivity index (χ1v) is 10.8. The molecule has 2 aliphatic rings. The van der Waals surface area contributed by atoms with Gasteiger partial charge < -0.3 is 14.5 Å². The lowest BCUT2D eigenvalue weighted by molar-refractivity contribution is -0.132. The van der Waals surface area contributed by atoms with Crippen molar-refractivity contribution in [2.24, 2.45) is 0 Å². The van der Waals surface area contributed by atoms with Crippen molar-refractivity contribution >= 4 is 5.91 Å². The number of rotatable bonds is 6. The molecule has 6 heteroatoms. The Bertz CT molecular complexity index is 857. The molecule has 0 spiro atoms. The molecule has 0 N–H and O–H groups in total. The standard InChI is InChI=1S/C24H30FN3O2/c1-26-12-14-27(15-13-26)17-21-16-20(19-4-7-22(25)8-5-19)6-9-23(21)30-18-24(29)28-10-2-3-11-28/h4-9,16H,2-3,10-15,17-18H2,1H3. The van der Waals surface area contributed by atoms with Crippen molar-refractivity contribution < 1.29 is 13.9 Å². The molecular weight excluding hydrogens is 381 g/mol. The smallest absolute Gasteiger partial charge is 0.260 e. The predicted molar refractivity (Wildman–Crippen MR) is 116 cm³/mol. The molecule has 0 unspecified atom stereocenters. The summed E-state index contributed by atoms with van der Waals surface area (Å²) in [6.07, 6.45) is 2.15. The van der Waals surface area contributed by atoms with Gasteiger partial charge in [-0.05, 0) is 55.3 Å². The van der Waals surface area contributed by atoms with Gasteiger partial charge >= 0.3 is 0 Å². The molecule has 2 aromatic rings. The molecule has 2 aliphatic heterocycles. The van der Waals surface area contributed by atoms with E-state index >= 15 is 0 Å². The second-order valence-corrected chi connectivity index (χ2v) is 8.29. The van der Waals surface area contributed by atoms with Crippen LogP contribution in [0.4, 0.5) is 4.39 Å². The monoisotopic (exact) mass is 411 g/mol. The number of carbonyl (C=O) groups is 1. The van der Waals surface area contributed by atoms with E-state index in [0.717, 1.165) is 81.1 Å². The number of likely N-dealkylation sites (N-methyl/N-ethyl adjacent to an activating group) is 1. The quantitative estimate of drug-likeness (QED) is 0.731. The minimum absolute atomic E-state index is 0.0562. The minimum Gasteiger partial charge on any atom is -0.483 e. The fraction of sp³-hybridized carbons (Fsp3) is 0.458. The molecular formula is C24H30FN3O2. The number of benzene rings is 2. The number of halogens is 1. The number of likely N-dealkylation sites (tertiary alicyclic amines) is 1. The third-order valence-corrected chi connectivity index (χ3v) is 6.04. The highest BCUT2D eigenvalue weighted by molar-refractivity contribution is 5.78. The molecule has 2 fully saturated rings. The molecule has 30 heavy (non-hydrogen) atoms. The van der Waals surface area contributed by atoms with Crippen LogP contribution in [0.2, 0.25) is 0 Å². The van der Waals surface area contributed by atoms with Gasteiger partial charge in [-0.1, -0.05) is 18.2 Å². The van der Waals surface area contributed by atoms with Gasteiger partial charge in [0.1, 0.15) is 11.6 Å². The highest BCUT2D eigenvalue weighted by Gasteiger charge is 2.20. The summed E-state index contributed by atoms with van der Waals surface area (Å²) >= 11 is 0. The molecule has 2 aromatic carbocycles. The van der Waals surface area contributed by atoms with Crippen LogP contribution in [-0.2, 0) is 11.3 Å². The first-order chi connectivity index (χ1) is 14.6. The maximum absolute atomic E-state index is 13.3. The minimum atomic E-state index is -0.239. The molecule has 0 atom stereocenters. The fourth-order valence-corrected chi connectivity index (χ4v) is 4.11. The van der Waals surface area contributed by atoms with Gasteiger partial charge in [0, 0.05) is 51.4 Å². The van der Waals surface area contributed by atoms with Crippen molar-refractivity contribution in [3.63, 3.8) is 0 Å². The van der Waals surface area contributed by atoms with E-state index in [1.807, 2.05) is 17.0 Å². The SMILES string of the molecule is CN1CCN(Cc2cc(-c3ccc(F)cc3)ccc2OCC(=O)N2CCCC2)CC1. The molecule has 0 aromatic heterocycles. The van der Waals surface area contributed by atoms with Crippen molar-refractivity contribution in [3.8, 4) is 16.9 Å². The summed E-state index contributed by atoms with van der Waals surface area (Å²) in [6.45, 7) is 6.61. The Morgan fingerprint density at radius 3 is 2.30 bits per heavy atom. The van der Waals surface area contributed by atoms with Crippen molar-refractivity contribution in [2.45, 2.75) is 19.4 Å². The molecule has 1 amide bonds. The summed E-state index contributed by atoms with van der Waals surface area (Å²) < 4.78 is 19.3. The van der Waals surface area contributed by atoms with Crippen LogP contribution in [0.15, 0.2) is 42.5 Å². The van der Waals surface area contributed by atoms with Crippen LogP contribution < -0.4 is 4.74 Å². The molecule has 160 valence electrons. The van der Waals surface area contributed by atoms with Gasteiger partial charge in [-0.15, -0.1) is 0 Å². The zero-order valence-electron chi connectivity index (χ0n) is 17.6. The zero-order chi connectivity index (χ0) is 20.9. The molecule has 0 radical (unpaired) electrons. The first kappa shape index (κ1) is 20.8. The molecule has 0 saturated carbocycles. The van der Waals surface area contributed by atoms with Crippen LogP contribution in [0.25, 0.3) is 11.1 Å². The third-order valence-electron chi connectivity index (χ3n) is 6.04. The summed E-state index contributed by atoms with van der Waals surface area (Å²) in [6, 6.07) is 12.6. The van der Waals surface area contributed by atoms with E-state index in [1.54, 1.807) is 12.1 Å². The molecule has 2 heterocycles. The van der Waals surface area contributed by atoms with Gasteiger partial charge in [0.15, 0.2) is 6.61 Å². The highest BCUT2D eigenvalue weighted by Crippen LogP contribution is 2.28. The summed E-state index contributed by atoms with van der Waals surface area (Å²) in [5, 5.41) is 0. The topological polar surface area (TPSA) is 36.0 Å². The van der Waals surface area contributed by atoms with Crippen molar-refractivity contribution in [1.82, 2.24) is 14.7 Å². The Morgan fingerprint density at radius 1 is 0.933 bits per heavy atom. The number of hydrogen-bond acceptors (Lipinski definition) is 4. The largest absolute Gasteiger partial charge is 0.483 e. The van der Waals surface area contributed by atoms with Crippen molar-refractivity contribution in [3.05, 3.63) is 53.8 Å². The Balaban J connectivity index is 1.52. The van der Waals surface area contributed by atoms with Crippen LogP contribution in [0, 0.1) is 5.82 Å². The van der Waals surface area contributed by atoms with E-state index < -0.39 is 0 Å². The maximum atomic E-state index is 13.3. The lowest BCUT2D eigenvalue weighted by Gasteiger charge is -2.32. The second kappa shape index (κ2) is 9.58. The number of carbonyl (C=O) groups excluding carboxylic acids is 1. The Labute approximate surface area is 178 Å². The van der Waals surface area contributed by atoms with E-state index in [2.05, 4.69) is 22.9 Å². The summed E-state index contributed by atoms with van der Waals surface area (Å²) in [5.41, 5.74) is 3.06. The molecule has 4 rings (SSSR count). The first-order valence-electron chi connectivity index (χ1n) is 10.8. The summed E-state index contributed by atoms with van der Waals surface area (Å²) in [7, 11) is 2.14. The predicted octanol–water partition coefficient (Wildman–Crippen LogP) is 3.24. The van der Waals surface area contributed by atoms with Crippen LogP contribution >= 0.6 is 0 Å². The van der Waals surface area contributed by atoms with Crippen LogP contribution in [0.1, 0.15) is 18.4 Å². The van der Waals surface area contributed by atoms with Gasteiger partial charge in [-0.3, -0.25) is 9.69 Å². The van der Waals surface area contributed by atoms with E-state index in [1.165, 1.54) is 12.1 Å². The normalized spacial score (nSPS) is 18.0. The van der Waals surface area contributed by atoms with Crippen LogP contribution in [-0.4, -0.2) is 73.5 Å². The third kappa shape index (κ3) is 5.18. The fourth-order valence-electron chi connectivity index (χ4n) is 4.11. The van der Waals surface area contributed by atoms with Crippen LogP contribution in [0.5, 0.6) is 5.75 Å². The van der Waals surface area contributed by atoms with Crippen molar-refractivity contribution in [1.29, 1.82) is 0 Å². The lowest BCUT2D eigenvalue weighted by atomic mass is 10.0. The Morgan fingerprint density at radius 2 is 1.60 bits per heavy atom. The highest BCUT2D eigenvalue weighted by atomic mass is 19.1. The van der Waals surface area contributed by atoms with Gasteiger partial charge in [-0.2, -0.15) is 0 Å².